The molecule has 1 heterocycles. The quantitative estimate of drug-likeness (QED) is 0.300. The third-order valence-corrected chi connectivity index (χ3v) is 7.62. The zero-order valence-electron chi connectivity index (χ0n) is 19.3. The predicted octanol–water partition coefficient (Wildman–Crippen LogP) is 5.69. The van der Waals surface area contributed by atoms with Gasteiger partial charge in [0.05, 0.1) is 32.6 Å². The summed E-state index contributed by atoms with van der Waals surface area (Å²) in [5.41, 5.74) is 3.82. The van der Waals surface area contributed by atoms with Crippen molar-refractivity contribution in [1.29, 1.82) is 0 Å². The Labute approximate surface area is 186 Å². The van der Waals surface area contributed by atoms with Gasteiger partial charge in [0.1, 0.15) is 4.70 Å². The number of fused-ring (bicyclic) bond motifs is 1. The van der Waals surface area contributed by atoms with Gasteiger partial charge in [0.15, 0.2) is 6.54 Å². The van der Waals surface area contributed by atoms with E-state index in [1.807, 2.05) is 11.3 Å². The summed E-state index contributed by atoms with van der Waals surface area (Å²) in [5, 5.41) is 1.33. The molecule has 0 saturated carbocycles. The fraction of sp³-hybridized carbons (Fsp3) is 0.423. The second kappa shape index (κ2) is 10.2. The van der Waals surface area contributed by atoms with E-state index in [1.54, 1.807) is 0 Å². The third-order valence-electron chi connectivity index (χ3n) is 6.49. The van der Waals surface area contributed by atoms with Crippen molar-refractivity contribution in [2.24, 2.45) is 0 Å². The van der Waals surface area contributed by atoms with E-state index in [0.29, 0.717) is 0 Å². The van der Waals surface area contributed by atoms with E-state index in [2.05, 4.69) is 105 Å². The van der Waals surface area contributed by atoms with Crippen molar-refractivity contribution in [2.45, 2.75) is 33.7 Å². The van der Waals surface area contributed by atoms with Crippen molar-refractivity contribution in [1.82, 2.24) is 0 Å². The molecule has 0 N–H and O–H groups in total. The predicted molar refractivity (Wildman–Crippen MR) is 133 cm³/mol. The highest BCUT2D eigenvalue weighted by molar-refractivity contribution is 7.18. The summed E-state index contributed by atoms with van der Waals surface area (Å²) < 4.78 is 5.09. The highest BCUT2D eigenvalue weighted by Crippen LogP contribution is 2.23. The zero-order chi connectivity index (χ0) is 21.6. The van der Waals surface area contributed by atoms with Crippen LogP contribution in [-0.4, -0.2) is 44.8 Å². The molecule has 3 aromatic rings. The Bertz CT molecular complexity index is 957. The minimum Gasteiger partial charge on any atom is -0.378 e. The molecule has 160 valence electrons. The first kappa shape index (κ1) is 22.5. The summed E-state index contributed by atoms with van der Waals surface area (Å²) in [6, 6.07) is 17.5. The summed E-state index contributed by atoms with van der Waals surface area (Å²) in [7, 11) is 4.15. The van der Waals surface area contributed by atoms with Crippen molar-refractivity contribution >= 4 is 39.4 Å². The largest absolute Gasteiger partial charge is 0.378 e. The number of para-hydroxylation sites is 1. The van der Waals surface area contributed by atoms with Gasteiger partial charge in [-0.25, -0.2) is 0 Å². The fourth-order valence-electron chi connectivity index (χ4n) is 4.17. The lowest BCUT2D eigenvalue weighted by Crippen LogP contribution is -2.49. The molecule has 0 atom stereocenters. The second-order valence-corrected chi connectivity index (χ2v) is 9.31. The van der Waals surface area contributed by atoms with Crippen LogP contribution >= 0.6 is 11.3 Å². The van der Waals surface area contributed by atoms with Crippen molar-refractivity contribution in [3.05, 3.63) is 59.1 Å². The van der Waals surface area contributed by atoms with Gasteiger partial charge in [0.25, 0.3) is 5.01 Å². The number of aryl methyl sites for hydroxylation is 1. The van der Waals surface area contributed by atoms with Gasteiger partial charge >= 0.3 is 0 Å². The number of rotatable bonds is 10. The Morgan fingerprint density at radius 1 is 0.900 bits per heavy atom. The summed E-state index contributed by atoms with van der Waals surface area (Å²) in [6.45, 7) is 13.0. The number of hydrogen-bond donors (Lipinski definition) is 0. The number of aromatic nitrogens is 1. The van der Waals surface area contributed by atoms with E-state index >= 15 is 0 Å². The zero-order valence-corrected chi connectivity index (χ0v) is 20.1. The summed E-state index contributed by atoms with van der Waals surface area (Å²) in [5.74, 6) is 0. The molecule has 30 heavy (non-hydrogen) atoms. The lowest BCUT2D eigenvalue weighted by molar-refractivity contribution is -0.925. The lowest BCUT2D eigenvalue weighted by Gasteiger charge is -2.35. The number of benzene rings is 2. The van der Waals surface area contributed by atoms with Gasteiger partial charge in [-0.15, -0.1) is 0 Å². The van der Waals surface area contributed by atoms with Gasteiger partial charge in [-0.2, -0.15) is 4.57 Å². The summed E-state index contributed by atoms with van der Waals surface area (Å²) in [6.07, 6.45) is 5.74. The van der Waals surface area contributed by atoms with Crippen molar-refractivity contribution in [3.8, 4) is 0 Å². The highest BCUT2D eigenvalue weighted by Gasteiger charge is 2.23. The summed E-state index contributed by atoms with van der Waals surface area (Å²) in [4.78, 5) is 2.13. The minimum absolute atomic E-state index is 1.07. The highest BCUT2D eigenvalue weighted by atomic mass is 32.1. The van der Waals surface area contributed by atoms with Crippen molar-refractivity contribution in [2.75, 3.05) is 45.2 Å². The topological polar surface area (TPSA) is 7.12 Å². The van der Waals surface area contributed by atoms with Crippen LogP contribution in [-0.2, 0) is 6.54 Å². The molecule has 0 amide bonds. The molecule has 0 aliphatic rings. The van der Waals surface area contributed by atoms with Gasteiger partial charge in [0, 0.05) is 31.9 Å². The van der Waals surface area contributed by atoms with Gasteiger partial charge < -0.3 is 9.38 Å². The maximum atomic E-state index is 2.51. The van der Waals surface area contributed by atoms with E-state index in [0.717, 1.165) is 6.54 Å². The van der Waals surface area contributed by atoms with Crippen molar-refractivity contribution in [3.63, 3.8) is 0 Å². The number of nitrogens with zero attached hydrogens (tertiary/aromatic N) is 3. The molecule has 0 radical (unpaired) electrons. The molecule has 1 aromatic heterocycles. The second-order valence-electron chi connectivity index (χ2n) is 8.25. The molecule has 0 spiro atoms. The van der Waals surface area contributed by atoms with Crippen LogP contribution in [0.15, 0.2) is 48.5 Å². The van der Waals surface area contributed by atoms with Crippen LogP contribution in [0.5, 0.6) is 0 Å². The number of quaternary nitrogens is 1. The van der Waals surface area contributed by atoms with E-state index in [4.69, 9.17) is 0 Å². The molecule has 0 fully saturated rings. The standard InChI is InChI=1S/C26H37N3S/c1-6-29(7-2,8-3)21-11-20-28-24-12-9-10-13-25(24)30-26(28)19-16-22-14-17-23(18-15-22)27(4)5/h9-10,12-19H,6-8,11,20-21H2,1-5H3/q+2. The molecule has 0 aliphatic heterocycles. The molecule has 2 aromatic carbocycles. The van der Waals surface area contributed by atoms with Crippen LogP contribution in [0.1, 0.15) is 37.8 Å². The Kier molecular flexibility index (Phi) is 7.68. The van der Waals surface area contributed by atoms with E-state index in [1.165, 1.54) is 63.6 Å². The Balaban J connectivity index is 1.82. The van der Waals surface area contributed by atoms with Crippen LogP contribution in [0.4, 0.5) is 5.69 Å². The van der Waals surface area contributed by atoms with Crippen LogP contribution in [0.25, 0.3) is 22.4 Å². The first-order chi connectivity index (χ1) is 14.5. The molecule has 4 heteroatoms. The van der Waals surface area contributed by atoms with Gasteiger partial charge in [-0.05, 0) is 50.6 Å². The first-order valence-electron chi connectivity index (χ1n) is 11.2. The van der Waals surface area contributed by atoms with E-state index < -0.39 is 0 Å². The third kappa shape index (κ3) is 5.11. The number of hydrogen-bond acceptors (Lipinski definition) is 2. The maximum Gasteiger partial charge on any atom is 0.262 e. The molecule has 3 nitrogen and oxygen atoms in total. The molecule has 0 bridgehead atoms. The molecule has 0 saturated heterocycles. The molecule has 0 unspecified atom stereocenters. The average Bonchev–Trinajstić information content (AvgIpc) is 3.13. The number of thiazole rings is 1. The van der Waals surface area contributed by atoms with Crippen molar-refractivity contribution < 1.29 is 9.05 Å². The van der Waals surface area contributed by atoms with Crippen LogP contribution < -0.4 is 9.47 Å². The molecule has 0 aliphatic carbocycles. The van der Waals surface area contributed by atoms with Gasteiger partial charge in [0.2, 0.25) is 5.52 Å². The smallest absolute Gasteiger partial charge is 0.262 e. The lowest BCUT2D eigenvalue weighted by atomic mass is 10.2. The molecule has 3 rings (SSSR count). The Morgan fingerprint density at radius 2 is 1.57 bits per heavy atom. The maximum absolute atomic E-state index is 2.51. The molecular weight excluding hydrogens is 386 g/mol. The minimum atomic E-state index is 1.07. The van der Waals surface area contributed by atoms with Gasteiger partial charge in [-0.1, -0.05) is 35.6 Å². The molecular formula is C26H37N3S+2. The SMILES string of the molecule is CC[N+](CC)(CC)CCC[n+]1c(/C=C/c2ccc(N(C)C)cc2)sc2ccccc21. The normalized spacial score (nSPS) is 12.2. The number of anilines is 1. The van der Waals surface area contributed by atoms with Gasteiger partial charge in [-0.3, -0.25) is 0 Å². The van der Waals surface area contributed by atoms with Crippen LogP contribution in [0, 0.1) is 0 Å². The van der Waals surface area contributed by atoms with Crippen LogP contribution in [0.2, 0.25) is 0 Å². The summed E-state index contributed by atoms with van der Waals surface area (Å²) >= 11 is 1.89. The first-order valence-corrected chi connectivity index (χ1v) is 12.1. The van der Waals surface area contributed by atoms with E-state index in [-0.39, 0.29) is 0 Å². The van der Waals surface area contributed by atoms with E-state index in [9.17, 15) is 0 Å². The monoisotopic (exact) mass is 423 g/mol. The van der Waals surface area contributed by atoms with Crippen LogP contribution in [0.3, 0.4) is 0 Å². The fourth-order valence-corrected chi connectivity index (χ4v) is 5.26. The Morgan fingerprint density at radius 3 is 2.20 bits per heavy atom. The average molecular weight is 424 g/mol. The Hall–Kier alpha value is -2.17.